The molecule has 7 heteroatoms. The fourth-order valence-corrected chi connectivity index (χ4v) is 2.41. The predicted molar refractivity (Wildman–Crippen MR) is 66.4 cm³/mol. The number of nitrogens with two attached hydrogens (primary N) is 1. The van der Waals surface area contributed by atoms with E-state index in [4.69, 9.17) is 20.3 Å². The molecule has 100 valence electrons. The Morgan fingerprint density at radius 2 is 2.17 bits per heavy atom. The Labute approximate surface area is 112 Å². The Balaban J connectivity index is 3.31. The second-order valence-electron chi connectivity index (χ2n) is 3.53. The highest BCUT2D eigenvalue weighted by atomic mass is 79.9. The normalized spacial score (nSPS) is 12.1. The molecule has 0 heterocycles. The van der Waals surface area contributed by atoms with E-state index >= 15 is 0 Å². The van der Waals surface area contributed by atoms with Crippen LogP contribution in [0.1, 0.15) is 18.0 Å². The van der Waals surface area contributed by atoms with Crippen molar-refractivity contribution in [2.45, 2.75) is 12.5 Å². The summed E-state index contributed by atoms with van der Waals surface area (Å²) in [4.78, 5) is 10.6. The summed E-state index contributed by atoms with van der Waals surface area (Å²) in [5.41, 5.74) is 5.72. The maximum absolute atomic E-state index is 13.9. The monoisotopic (exact) mass is 321 g/mol. The molecule has 0 amide bonds. The quantitative estimate of drug-likeness (QED) is 0.867. The fraction of sp³-hybridized carbons (Fsp3) is 0.364. The van der Waals surface area contributed by atoms with Gasteiger partial charge in [-0.25, -0.2) is 4.39 Å². The molecule has 0 spiro atoms. The first-order chi connectivity index (χ1) is 8.42. The van der Waals surface area contributed by atoms with Crippen LogP contribution in [0.5, 0.6) is 11.5 Å². The number of benzene rings is 1. The molecule has 0 aliphatic heterocycles. The summed E-state index contributed by atoms with van der Waals surface area (Å²) in [6.07, 6.45) is -0.384. The van der Waals surface area contributed by atoms with Gasteiger partial charge >= 0.3 is 5.97 Å². The lowest BCUT2D eigenvalue weighted by atomic mass is 10.0. The summed E-state index contributed by atoms with van der Waals surface area (Å²) in [5, 5.41) is 8.68. The van der Waals surface area contributed by atoms with E-state index in [1.165, 1.54) is 14.2 Å². The third-order valence-corrected chi connectivity index (χ3v) is 3.15. The first-order valence-electron chi connectivity index (χ1n) is 4.99. The smallest absolute Gasteiger partial charge is 0.305 e. The molecule has 0 radical (unpaired) electrons. The van der Waals surface area contributed by atoms with Crippen molar-refractivity contribution in [1.29, 1.82) is 0 Å². The van der Waals surface area contributed by atoms with Crippen LogP contribution in [0, 0.1) is 5.82 Å². The molecule has 0 aromatic heterocycles. The van der Waals surface area contributed by atoms with Gasteiger partial charge in [0.1, 0.15) is 5.82 Å². The Bertz CT molecular complexity index is 467. The molecule has 3 N–H and O–H groups in total. The molecule has 0 aliphatic carbocycles. The van der Waals surface area contributed by atoms with Gasteiger partial charge in [-0.15, -0.1) is 0 Å². The largest absolute Gasteiger partial charge is 0.493 e. The molecule has 1 unspecified atom stereocenters. The van der Waals surface area contributed by atoms with Crippen molar-refractivity contribution < 1.29 is 23.8 Å². The number of methoxy groups -OCH3 is 2. The Morgan fingerprint density at radius 1 is 1.56 bits per heavy atom. The van der Waals surface area contributed by atoms with E-state index < -0.39 is 17.8 Å². The van der Waals surface area contributed by atoms with Crippen LogP contribution >= 0.6 is 15.9 Å². The summed E-state index contributed by atoms with van der Waals surface area (Å²) in [5.74, 6) is -1.28. The van der Waals surface area contributed by atoms with Crippen molar-refractivity contribution in [2.24, 2.45) is 5.73 Å². The highest BCUT2D eigenvalue weighted by Crippen LogP contribution is 2.41. The standard InChI is InChI=1S/C11H13BrFNO4/c1-17-7-3-5(13)9(6(14)4-8(15)16)10(12)11(7)18-2/h3,6H,4,14H2,1-2H3,(H,15,16). The SMILES string of the molecule is COc1cc(F)c(C(N)CC(=O)O)c(Br)c1OC. The highest BCUT2D eigenvalue weighted by Gasteiger charge is 2.23. The van der Waals surface area contributed by atoms with Crippen molar-refractivity contribution in [3.05, 3.63) is 21.9 Å². The molecular weight excluding hydrogens is 309 g/mol. The van der Waals surface area contributed by atoms with Crippen molar-refractivity contribution in [1.82, 2.24) is 0 Å². The van der Waals surface area contributed by atoms with Crippen LogP contribution in [0.15, 0.2) is 10.5 Å². The van der Waals surface area contributed by atoms with Crippen LogP contribution in [-0.4, -0.2) is 25.3 Å². The second-order valence-corrected chi connectivity index (χ2v) is 4.32. The highest BCUT2D eigenvalue weighted by molar-refractivity contribution is 9.10. The number of carboxylic acids is 1. The van der Waals surface area contributed by atoms with Crippen molar-refractivity contribution in [2.75, 3.05) is 14.2 Å². The molecule has 1 aromatic carbocycles. The molecule has 0 saturated heterocycles. The topological polar surface area (TPSA) is 81.8 Å². The van der Waals surface area contributed by atoms with Gasteiger partial charge in [0.15, 0.2) is 11.5 Å². The first-order valence-corrected chi connectivity index (χ1v) is 5.78. The summed E-state index contributed by atoms with van der Waals surface area (Å²) in [6.45, 7) is 0. The molecule has 5 nitrogen and oxygen atoms in total. The summed E-state index contributed by atoms with van der Waals surface area (Å²) < 4.78 is 24.2. The lowest BCUT2D eigenvalue weighted by Gasteiger charge is -2.17. The number of ether oxygens (including phenoxy) is 2. The van der Waals surface area contributed by atoms with Gasteiger partial charge in [-0.1, -0.05) is 0 Å². The molecule has 18 heavy (non-hydrogen) atoms. The Hall–Kier alpha value is -1.34. The second kappa shape index (κ2) is 6.01. The Morgan fingerprint density at radius 3 is 2.61 bits per heavy atom. The van der Waals surface area contributed by atoms with Crippen molar-refractivity contribution >= 4 is 21.9 Å². The molecule has 0 aliphatic rings. The van der Waals surface area contributed by atoms with Gasteiger partial charge in [0.25, 0.3) is 0 Å². The van der Waals surface area contributed by atoms with Gasteiger partial charge in [-0.2, -0.15) is 0 Å². The predicted octanol–water partition coefficient (Wildman–Crippen LogP) is 2.08. The zero-order valence-corrected chi connectivity index (χ0v) is 11.5. The minimum absolute atomic E-state index is 0.0510. The minimum Gasteiger partial charge on any atom is -0.493 e. The van der Waals surface area contributed by atoms with Crippen molar-refractivity contribution in [3.8, 4) is 11.5 Å². The third kappa shape index (κ3) is 2.91. The summed E-state index contributed by atoms with van der Waals surface area (Å²) in [6, 6.07) is 0.136. The van der Waals surface area contributed by atoms with Gasteiger partial charge in [0.2, 0.25) is 0 Å². The zero-order chi connectivity index (χ0) is 13.9. The fourth-order valence-electron chi connectivity index (χ4n) is 1.57. The summed E-state index contributed by atoms with van der Waals surface area (Å²) >= 11 is 3.16. The van der Waals surface area contributed by atoms with E-state index in [0.717, 1.165) is 6.07 Å². The van der Waals surface area contributed by atoms with Crippen molar-refractivity contribution in [3.63, 3.8) is 0 Å². The molecule has 0 fully saturated rings. The van der Waals surface area contributed by atoms with Gasteiger partial charge in [0, 0.05) is 17.7 Å². The van der Waals surface area contributed by atoms with E-state index in [2.05, 4.69) is 15.9 Å². The maximum Gasteiger partial charge on any atom is 0.305 e. The molecule has 1 rings (SSSR count). The minimum atomic E-state index is -1.11. The van der Waals surface area contributed by atoms with Gasteiger partial charge in [-0.05, 0) is 15.9 Å². The average molecular weight is 322 g/mol. The Kier molecular flexibility index (Phi) is 4.92. The van der Waals surface area contributed by atoms with Crippen LogP contribution in [0.2, 0.25) is 0 Å². The van der Waals surface area contributed by atoms with Crippen LogP contribution in [0.25, 0.3) is 0 Å². The van der Waals surface area contributed by atoms with Crippen LogP contribution < -0.4 is 15.2 Å². The number of aliphatic carboxylic acids is 1. The molecule has 1 atom stereocenters. The molecule has 0 saturated carbocycles. The number of hydrogen-bond donors (Lipinski definition) is 2. The van der Waals surface area contributed by atoms with E-state index in [1.54, 1.807) is 0 Å². The lowest BCUT2D eigenvalue weighted by Crippen LogP contribution is -2.17. The molecular formula is C11H13BrFNO4. The first kappa shape index (κ1) is 14.7. The van der Waals surface area contributed by atoms with E-state index in [0.29, 0.717) is 0 Å². The molecule has 1 aromatic rings. The zero-order valence-electron chi connectivity index (χ0n) is 9.87. The summed E-state index contributed by atoms with van der Waals surface area (Å²) in [7, 11) is 2.77. The van der Waals surface area contributed by atoms with Crippen LogP contribution in [0.4, 0.5) is 4.39 Å². The van der Waals surface area contributed by atoms with Gasteiger partial charge in [0.05, 0.1) is 25.1 Å². The van der Waals surface area contributed by atoms with E-state index in [9.17, 15) is 9.18 Å². The van der Waals surface area contributed by atoms with Gasteiger partial charge in [-0.3, -0.25) is 4.79 Å². The maximum atomic E-state index is 13.9. The number of carboxylic acid groups (broad SMARTS) is 1. The van der Waals surface area contributed by atoms with Crippen LogP contribution in [0.3, 0.4) is 0 Å². The number of hydrogen-bond acceptors (Lipinski definition) is 4. The number of carbonyl (C=O) groups is 1. The number of halogens is 2. The average Bonchev–Trinajstić information content (AvgIpc) is 2.27. The van der Waals surface area contributed by atoms with E-state index in [1.807, 2.05) is 0 Å². The van der Waals surface area contributed by atoms with Gasteiger partial charge < -0.3 is 20.3 Å². The number of rotatable bonds is 5. The van der Waals surface area contributed by atoms with E-state index in [-0.39, 0.29) is 28.0 Å². The van der Waals surface area contributed by atoms with Crippen LogP contribution in [-0.2, 0) is 4.79 Å². The lowest BCUT2D eigenvalue weighted by molar-refractivity contribution is -0.137. The third-order valence-electron chi connectivity index (χ3n) is 2.36. The molecule has 0 bridgehead atoms.